The Morgan fingerprint density at radius 2 is 1.75 bits per heavy atom. The third-order valence-electron chi connectivity index (χ3n) is 2.11. The van der Waals surface area contributed by atoms with Crippen LogP contribution >= 0.6 is 34.4 Å². The van der Waals surface area contributed by atoms with Crippen molar-refractivity contribution in [2.75, 3.05) is 22.5 Å². The molecule has 0 fully saturated rings. The van der Waals surface area contributed by atoms with Crippen LogP contribution in [0.1, 0.15) is 0 Å². The lowest BCUT2D eigenvalue weighted by molar-refractivity contribution is -0.113. The van der Waals surface area contributed by atoms with E-state index >= 15 is 0 Å². The minimum Gasteiger partial charge on any atom is -0.368 e. The first-order chi connectivity index (χ1) is 9.52. The Morgan fingerprint density at radius 3 is 2.35 bits per heavy atom. The van der Waals surface area contributed by atoms with Crippen LogP contribution in [-0.4, -0.2) is 26.6 Å². The van der Waals surface area contributed by atoms with Crippen LogP contribution in [0.25, 0.3) is 0 Å². The Morgan fingerprint density at radius 1 is 1.15 bits per heavy atom. The molecular formula is C11H11IN6OS. The van der Waals surface area contributed by atoms with Crippen LogP contribution in [0.3, 0.4) is 0 Å². The predicted molar refractivity (Wildman–Crippen MR) is 87.2 cm³/mol. The van der Waals surface area contributed by atoms with Gasteiger partial charge in [0.1, 0.15) is 0 Å². The third-order valence-corrected chi connectivity index (χ3v) is 3.68. The summed E-state index contributed by atoms with van der Waals surface area (Å²) in [6, 6.07) is 7.50. The van der Waals surface area contributed by atoms with Crippen molar-refractivity contribution >= 4 is 57.8 Å². The minimum atomic E-state index is -0.159. The van der Waals surface area contributed by atoms with E-state index in [9.17, 15) is 4.79 Å². The van der Waals surface area contributed by atoms with Gasteiger partial charge in [0, 0.05) is 9.26 Å². The maximum Gasteiger partial charge on any atom is 0.234 e. The highest BCUT2D eigenvalue weighted by molar-refractivity contribution is 14.1. The highest BCUT2D eigenvalue weighted by atomic mass is 127. The van der Waals surface area contributed by atoms with E-state index in [1.165, 1.54) is 0 Å². The van der Waals surface area contributed by atoms with Gasteiger partial charge in [0.2, 0.25) is 17.8 Å². The normalized spacial score (nSPS) is 10.2. The molecule has 5 N–H and O–H groups in total. The molecule has 1 aromatic heterocycles. The fourth-order valence-corrected chi connectivity index (χ4v) is 2.32. The van der Waals surface area contributed by atoms with Crippen molar-refractivity contribution in [2.24, 2.45) is 0 Å². The molecule has 1 heterocycles. The molecule has 1 aromatic carbocycles. The second kappa shape index (κ2) is 6.70. The lowest BCUT2D eigenvalue weighted by Gasteiger charge is -2.05. The summed E-state index contributed by atoms with van der Waals surface area (Å²) in [6.07, 6.45) is 0. The largest absolute Gasteiger partial charge is 0.368 e. The number of carbonyl (C=O) groups is 1. The molecule has 0 atom stereocenters. The topological polar surface area (TPSA) is 120 Å². The predicted octanol–water partition coefficient (Wildman–Crippen LogP) is 1.37. The van der Waals surface area contributed by atoms with E-state index < -0.39 is 0 Å². The molecule has 2 rings (SSSR count). The number of nitrogens with two attached hydrogens (primary N) is 2. The van der Waals surface area contributed by atoms with E-state index in [1.54, 1.807) is 0 Å². The Balaban J connectivity index is 1.90. The number of rotatable bonds is 4. The standard InChI is InChI=1S/C11H11IN6OS/c12-6-1-3-7(4-2-6)15-8(19)5-20-11-17-9(13)16-10(14)18-11/h1-4H,5H2,(H,15,19)(H4,13,14,16,17,18). The maximum absolute atomic E-state index is 11.8. The molecule has 0 saturated carbocycles. The number of carbonyl (C=O) groups excluding carboxylic acids is 1. The van der Waals surface area contributed by atoms with Gasteiger partial charge >= 0.3 is 0 Å². The SMILES string of the molecule is Nc1nc(N)nc(SCC(=O)Nc2ccc(I)cc2)n1. The van der Waals surface area contributed by atoms with E-state index in [4.69, 9.17) is 11.5 Å². The van der Waals surface area contributed by atoms with Crippen molar-refractivity contribution in [3.05, 3.63) is 27.8 Å². The number of aromatic nitrogens is 3. The van der Waals surface area contributed by atoms with E-state index in [1.807, 2.05) is 24.3 Å². The molecule has 0 spiro atoms. The monoisotopic (exact) mass is 402 g/mol. The first-order valence-electron chi connectivity index (χ1n) is 5.48. The minimum absolute atomic E-state index is 0.0399. The van der Waals surface area contributed by atoms with Gasteiger partial charge in [-0.1, -0.05) is 11.8 Å². The molecule has 0 bridgehead atoms. The molecule has 0 aliphatic carbocycles. The second-order valence-electron chi connectivity index (χ2n) is 3.68. The van der Waals surface area contributed by atoms with Crippen LogP contribution in [-0.2, 0) is 4.79 Å². The van der Waals surface area contributed by atoms with Crippen molar-refractivity contribution in [3.63, 3.8) is 0 Å². The van der Waals surface area contributed by atoms with E-state index in [0.717, 1.165) is 21.0 Å². The van der Waals surface area contributed by atoms with Crippen molar-refractivity contribution in [1.29, 1.82) is 0 Å². The van der Waals surface area contributed by atoms with Crippen molar-refractivity contribution in [1.82, 2.24) is 15.0 Å². The van der Waals surface area contributed by atoms with Gasteiger partial charge in [-0.05, 0) is 46.9 Å². The third kappa shape index (κ3) is 4.49. The molecule has 2 aromatic rings. The van der Waals surface area contributed by atoms with Crippen LogP contribution in [0.4, 0.5) is 17.6 Å². The molecule has 0 saturated heterocycles. The van der Waals surface area contributed by atoms with Gasteiger partial charge in [-0.3, -0.25) is 4.79 Å². The number of halogens is 1. The zero-order valence-electron chi connectivity index (χ0n) is 10.2. The number of anilines is 3. The molecule has 7 nitrogen and oxygen atoms in total. The smallest absolute Gasteiger partial charge is 0.234 e. The average molecular weight is 402 g/mol. The summed E-state index contributed by atoms with van der Waals surface area (Å²) < 4.78 is 1.10. The summed E-state index contributed by atoms with van der Waals surface area (Å²) >= 11 is 3.34. The first kappa shape index (κ1) is 14.8. The van der Waals surface area contributed by atoms with Gasteiger partial charge < -0.3 is 16.8 Å². The second-order valence-corrected chi connectivity index (χ2v) is 5.87. The van der Waals surface area contributed by atoms with Gasteiger partial charge in [0.05, 0.1) is 5.75 Å². The molecule has 1 amide bonds. The van der Waals surface area contributed by atoms with Crippen molar-refractivity contribution in [2.45, 2.75) is 5.16 Å². The van der Waals surface area contributed by atoms with Crippen LogP contribution in [0, 0.1) is 3.57 Å². The van der Waals surface area contributed by atoms with Crippen molar-refractivity contribution in [3.8, 4) is 0 Å². The van der Waals surface area contributed by atoms with E-state index in [0.29, 0.717) is 5.16 Å². The molecular weight excluding hydrogens is 391 g/mol. The van der Waals surface area contributed by atoms with Gasteiger partial charge in [0.25, 0.3) is 0 Å². The van der Waals surface area contributed by atoms with E-state index in [-0.39, 0.29) is 23.6 Å². The summed E-state index contributed by atoms with van der Waals surface area (Å²) in [6.45, 7) is 0. The van der Waals surface area contributed by atoms with Crippen LogP contribution in [0.5, 0.6) is 0 Å². The highest BCUT2D eigenvalue weighted by Crippen LogP contribution is 2.16. The maximum atomic E-state index is 11.8. The summed E-state index contributed by atoms with van der Waals surface area (Å²) in [5, 5.41) is 3.10. The molecule has 0 radical (unpaired) electrons. The van der Waals surface area contributed by atoms with Gasteiger partial charge in [-0.15, -0.1) is 0 Å². The molecule has 0 unspecified atom stereocenters. The lowest BCUT2D eigenvalue weighted by Crippen LogP contribution is -2.14. The summed E-state index contributed by atoms with van der Waals surface area (Å²) in [7, 11) is 0. The van der Waals surface area contributed by atoms with Crippen molar-refractivity contribution < 1.29 is 4.79 Å². The molecule has 9 heteroatoms. The Labute approximate surface area is 133 Å². The number of benzene rings is 1. The summed E-state index contributed by atoms with van der Waals surface area (Å²) in [5.41, 5.74) is 11.6. The number of nitrogens with zero attached hydrogens (tertiary/aromatic N) is 3. The Kier molecular flexibility index (Phi) is 4.95. The number of nitrogen functional groups attached to an aromatic ring is 2. The fraction of sp³-hybridized carbons (Fsp3) is 0.0909. The molecule has 0 aliphatic heterocycles. The molecule has 20 heavy (non-hydrogen) atoms. The molecule has 104 valence electrons. The summed E-state index contributed by atoms with van der Waals surface area (Å²) in [4.78, 5) is 23.2. The number of hydrogen-bond donors (Lipinski definition) is 3. The fourth-order valence-electron chi connectivity index (χ4n) is 1.31. The molecule has 0 aliphatic rings. The Hall–Kier alpha value is -1.62. The Bertz CT molecular complexity index is 601. The first-order valence-corrected chi connectivity index (χ1v) is 7.54. The van der Waals surface area contributed by atoms with Crippen LogP contribution in [0.2, 0.25) is 0 Å². The number of thioether (sulfide) groups is 1. The van der Waals surface area contributed by atoms with Gasteiger partial charge in [-0.2, -0.15) is 15.0 Å². The quantitative estimate of drug-likeness (QED) is 0.522. The van der Waals surface area contributed by atoms with E-state index in [2.05, 4.69) is 42.9 Å². The average Bonchev–Trinajstić information content (AvgIpc) is 2.38. The lowest BCUT2D eigenvalue weighted by atomic mass is 10.3. The van der Waals surface area contributed by atoms with Gasteiger partial charge in [0.15, 0.2) is 5.16 Å². The zero-order valence-corrected chi connectivity index (χ0v) is 13.2. The van der Waals surface area contributed by atoms with Crippen LogP contribution < -0.4 is 16.8 Å². The van der Waals surface area contributed by atoms with Crippen LogP contribution in [0.15, 0.2) is 29.4 Å². The number of nitrogens with one attached hydrogen (secondary N) is 1. The summed E-state index contributed by atoms with van der Waals surface area (Å²) in [5.74, 6) is 0.0827. The number of amides is 1. The van der Waals surface area contributed by atoms with Gasteiger partial charge in [-0.25, -0.2) is 0 Å². The number of hydrogen-bond acceptors (Lipinski definition) is 7. The zero-order chi connectivity index (χ0) is 14.5. The highest BCUT2D eigenvalue weighted by Gasteiger charge is 2.07.